The van der Waals surface area contributed by atoms with Crippen LogP contribution < -0.4 is 0 Å². The molecule has 1 aromatic carbocycles. The van der Waals surface area contributed by atoms with E-state index in [-0.39, 0.29) is 5.91 Å². The highest BCUT2D eigenvalue weighted by atomic mass is 16.2. The lowest BCUT2D eigenvalue weighted by Gasteiger charge is -2.37. The molecule has 3 heteroatoms. The van der Waals surface area contributed by atoms with Crippen molar-refractivity contribution in [2.24, 2.45) is 0 Å². The molecule has 1 aromatic rings. The molecule has 102 valence electrons. The summed E-state index contributed by atoms with van der Waals surface area (Å²) in [4.78, 5) is 16.9. The van der Waals surface area contributed by atoms with Crippen LogP contribution in [-0.4, -0.2) is 41.9 Å². The number of fused-ring (bicyclic) bond motifs is 3. The van der Waals surface area contributed by atoms with Gasteiger partial charge in [-0.15, -0.1) is 0 Å². The molecule has 0 bridgehead atoms. The quantitative estimate of drug-likeness (QED) is 0.775. The predicted molar refractivity (Wildman–Crippen MR) is 76.2 cm³/mol. The number of carbonyl (C=O) groups excluding carboxylic acids is 1. The highest BCUT2D eigenvalue weighted by molar-refractivity contribution is 5.99. The van der Waals surface area contributed by atoms with Crippen LogP contribution in [-0.2, 0) is 0 Å². The Labute approximate surface area is 115 Å². The summed E-state index contributed by atoms with van der Waals surface area (Å²) in [5.74, 6) is 0.230. The van der Waals surface area contributed by atoms with Gasteiger partial charge in [-0.2, -0.15) is 0 Å². The molecule has 0 radical (unpaired) electrons. The van der Waals surface area contributed by atoms with E-state index in [2.05, 4.69) is 22.8 Å². The molecule has 19 heavy (non-hydrogen) atoms. The molecular formula is C16H22N2O. The van der Waals surface area contributed by atoms with Crippen LogP contribution in [0, 0.1) is 0 Å². The normalized spacial score (nSPS) is 22.5. The lowest BCUT2D eigenvalue weighted by Crippen LogP contribution is -2.47. The Bertz CT molecular complexity index is 472. The molecule has 3 rings (SSSR count). The number of piperazine rings is 1. The van der Waals surface area contributed by atoms with Crippen molar-refractivity contribution < 1.29 is 4.79 Å². The standard InChI is InChI=1S/C16H22N2O/c1-2-3-6-9-17-10-11-18-15(12-17)13-7-4-5-8-14(13)16(18)19/h4-5,7-8,15H,2-3,6,9-12H2,1H3. The summed E-state index contributed by atoms with van der Waals surface area (Å²) in [5.41, 5.74) is 2.15. The van der Waals surface area contributed by atoms with Crippen molar-refractivity contribution in [1.82, 2.24) is 9.80 Å². The Balaban J connectivity index is 1.72. The molecule has 0 spiro atoms. The zero-order valence-corrected chi connectivity index (χ0v) is 11.6. The van der Waals surface area contributed by atoms with Gasteiger partial charge in [-0.05, 0) is 24.6 Å². The molecule has 0 aliphatic carbocycles. The maximum atomic E-state index is 12.3. The molecule has 1 fully saturated rings. The molecule has 0 N–H and O–H groups in total. The summed E-state index contributed by atoms with van der Waals surface area (Å²) < 4.78 is 0. The van der Waals surface area contributed by atoms with Crippen molar-refractivity contribution in [3.05, 3.63) is 35.4 Å². The van der Waals surface area contributed by atoms with Crippen molar-refractivity contribution in [3.8, 4) is 0 Å². The fourth-order valence-electron chi connectivity index (χ4n) is 3.27. The van der Waals surface area contributed by atoms with E-state index in [4.69, 9.17) is 0 Å². The topological polar surface area (TPSA) is 23.6 Å². The van der Waals surface area contributed by atoms with Crippen molar-refractivity contribution in [2.75, 3.05) is 26.2 Å². The third kappa shape index (κ3) is 2.27. The molecular weight excluding hydrogens is 236 g/mol. The van der Waals surface area contributed by atoms with Crippen molar-refractivity contribution >= 4 is 5.91 Å². The minimum absolute atomic E-state index is 0.230. The molecule has 2 aliphatic rings. The van der Waals surface area contributed by atoms with Gasteiger partial charge in [0.1, 0.15) is 0 Å². The first-order chi connectivity index (χ1) is 9.31. The smallest absolute Gasteiger partial charge is 0.254 e. The zero-order chi connectivity index (χ0) is 13.2. The van der Waals surface area contributed by atoms with E-state index in [1.165, 1.54) is 31.4 Å². The van der Waals surface area contributed by atoms with Gasteiger partial charge >= 0.3 is 0 Å². The highest BCUT2D eigenvalue weighted by Crippen LogP contribution is 2.35. The van der Waals surface area contributed by atoms with Crippen molar-refractivity contribution in [1.29, 1.82) is 0 Å². The van der Waals surface area contributed by atoms with Crippen molar-refractivity contribution in [3.63, 3.8) is 0 Å². The second kappa shape index (κ2) is 5.33. The monoisotopic (exact) mass is 258 g/mol. The minimum atomic E-state index is 0.230. The van der Waals surface area contributed by atoms with Crippen LogP contribution in [0.25, 0.3) is 0 Å². The number of hydrogen-bond acceptors (Lipinski definition) is 2. The van der Waals surface area contributed by atoms with Gasteiger partial charge < -0.3 is 4.90 Å². The van der Waals surface area contributed by atoms with E-state index in [0.29, 0.717) is 6.04 Å². The maximum Gasteiger partial charge on any atom is 0.254 e. The first-order valence-electron chi connectivity index (χ1n) is 7.43. The number of nitrogens with zero attached hydrogens (tertiary/aromatic N) is 2. The van der Waals surface area contributed by atoms with Gasteiger partial charge in [-0.1, -0.05) is 38.0 Å². The molecule has 1 amide bonds. The SMILES string of the molecule is CCCCCN1CCN2C(=O)c3ccccc3C2C1. The Morgan fingerprint density at radius 1 is 1.21 bits per heavy atom. The summed E-state index contributed by atoms with van der Waals surface area (Å²) in [6.45, 7) is 6.33. The lowest BCUT2D eigenvalue weighted by atomic mass is 10.0. The summed E-state index contributed by atoms with van der Waals surface area (Å²) in [7, 11) is 0. The number of hydrogen-bond donors (Lipinski definition) is 0. The third-order valence-electron chi connectivity index (χ3n) is 4.35. The van der Waals surface area contributed by atoms with Gasteiger partial charge in [0.15, 0.2) is 0 Å². The van der Waals surface area contributed by atoms with Crippen LogP contribution in [0.15, 0.2) is 24.3 Å². The maximum absolute atomic E-state index is 12.3. The molecule has 2 aliphatic heterocycles. The first kappa shape index (κ1) is 12.7. The van der Waals surface area contributed by atoms with E-state index in [1.54, 1.807) is 0 Å². The number of unbranched alkanes of at least 4 members (excludes halogenated alkanes) is 2. The predicted octanol–water partition coefficient (Wildman–Crippen LogP) is 2.69. The number of rotatable bonds is 4. The molecule has 2 heterocycles. The van der Waals surface area contributed by atoms with Gasteiger partial charge in [0.05, 0.1) is 6.04 Å². The second-order valence-electron chi connectivity index (χ2n) is 5.61. The number of benzene rings is 1. The molecule has 1 unspecified atom stereocenters. The Morgan fingerprint density at radius 2 is 2.05 bits per heavy atom. The minimum Gasteiger partial charge on any atom is -0.329 e. The molecule has 0 aromatic heterocycles. The van der Waals surface area contributed by atoms with E-state index in [1.807, 2.05) is 18.2 Å². The zero-order valence-electron chi connectivity index (χ0n) is 11.6. The van der Waals surface area contributed by atoms with Crippen LogP contribution in [0.1, 0.15) is 48.1 Å². The molecule has 1 atom stereocenters. The van der Waals surface area contributed by atoms with Crippen LogP contribution >= 0.6 is 0 Å². The van der Waals surface area contributed by atoms with Gasteiger partial charge in [-0.25, -0.2) is 0 Å². The number of carbonyl (C=O) groups is 1. The second-order valence-corrected chi connectivity index (χ2v) is 5.61. The summed E-state index contributed by atoms with van der Waals surface area (Å²) >= 11 is 0. The molecule has 1 saturated heterocycles. The average molecular weight is 258 g/mol. The Hall–Kier alpha value is -1.35. The largest absolute Gasteiger partial charge is 0.329 e. The number of amides is 1. The van der Waals surface area contributed by atoms with Crippen LogP contribution in [0.2, 0.25) is 0 Å². The van der Waals surface area contributed by atoms with E-state index < -0.39 is 0 Å². The van der Waals surface area contributed by atoms with E-state index in [9.17, 15) is 4.79 Å². The summed E-state index contributed by atoms with van der Waals surface area (Å²) in [6, 6.07) is 8.39. The lowest BCUT2D eigenvalue weighted by molar-refractivity contribution is 0.0522. The summed E-state index contributed by atoms with van der Waals surface area (Å²) in [6.07, 6.45) is 3.85. The fraction of sp³-hybridized carbons (Fsp3) is 0.562. The van der Waals surface area contributed by atoms with Crippen LogP contribution in [0.4, 0.5) is 0 Å². The highest BCUT2D eigenvalue weighted by Gasteiger charge is 2.39. The van der Waals surface area contributed by atoms with Gasteiger partial charge in [0.2, 0.25) is 0 Å². The van der Waals surface area contributed by atoms with Gasteiger partial charge in [0.25, 0.3) is 5.91 Å². The van der Waals surface area contributed by atoms with Gasteiger partial charge in [-0.3, -0.25) is 9.69 Å². The molecule has 3 nitrogen and oxygen atoms in total. The first-order valence-corrected chi connectivity index (χ1v) is 7.43. The Kier molecular flexibility index (Phi) is 3.56. The van der Waals surface area contributed by atoms with E-state index in [0.717, 1.165) is 25.2 Å². The van der Waals surface area contributed by atoms with Gasteiger partial charge in [0, 0.05) is 25.2 Å². The van der Waals surface area contributed by atoms with Crippen molar-refractivity contribution in [2.45, 2.75) is 32.2 Å². The summed E-state index contributed by atoms with van der Waals surface area (Å²) in [5, 5.41) is 0. The van der Waals surface area contributed by atoms with E-state index >= 15 is 0 Å². The van der Waals surface area contributed by atoms with Crippen LogP contribution in [0.3, 0.4) is 0 Å². The average Bonchev–Trinajstić information content (AvgIpc) is 2.73. The Morgan fingerprint density at radius 3 is 2.89 bits per heavy atom. The third-order valence-corrected chi connectivity index (χ3v) is 4.35. The van der Waals surface area contributed by atoms with Crippen LogP contribution in [0.5, 0.6) is 0 Å². The molecule has 0 saturated carbocycles. The fourth-order valence-corrected chi connectivity index (χ4v) is 3.27.